The number of hydrogen-bond donors (Lipinski definition) is 1. The zero-order chi connectivity index (χ0) is 17.8. The Morgan fingerprint density at radius 1 is 1.36 bits per heavy atom. The lowest BCUT2D eigenvalue weighted by Crippen LogP contribution is -2.37. The third-order valence-electron chi connectivity index (χ3n) is 4.02. The molecule has 3 rings (SSSR count). The van der Waals surface area contributed by atoms with Crippen molar-refractivity contribution in [2.24, 2.45) is 5.92 Å². The lowest BCUT2D eigenvalue weighted by Gasteiger charge is -2.24. The fourth-order valence-corrected chi connectivity index (χ4v) is 3.32. The fourth-order valence-electron chi connectivity index (χ4n) is 2.63. The highest BCUT2D eigenvalue weighted by molar-refractivity contribution is 7.99. The molecule has 0 unspecified atom stereocenters. The molecule has 0 spiro atoms. The summed E-state index contributed by atoms with van der Waals surface area (Å²) in [7, 11) is 1.64. The summed E-state index contributed by atoms with van der Waals surface area (Å²) >= 11 is 1.38. The van der Waals surface area contributed by atoms with E-state index in [9.17, 15) is 4.79 Å². The van der Waals surface area contributed by atoms with Crippen molar-refractivity contribution >= 4 is 17.7 Å². The minimum atomic E-state index is 0.178. The lowest BCUT2D eigenvalue weighted by molar-refractivity contribution is -0.129. The molecule has 2 aromatic rings. The first-order valence-corrected chi connectivity index (χ1v) is 9.54. The number of nitrogens with one attached hydrogen (secondary N) is 1. The molecule has 0 saturated heterocycles. The van der Waals surface area contributed by atoms with Gasteiger partial charge in [0.15, 0.2) is 5.82 Å². The van der Waals surface area contributed by atoms with E-state index >= 15 is 0 Å². The number of rotatable bonds is 8. The number of carbonyl (C=O) groups is 1. The van der Waals surface area contributed by atoms with Crippen LogP contribution in [0.25, 0.3) is 11.4 Å². The lowest BCUT2D eigenvalue weighted by atomic mass is 10.2. The first kappa shape index (κ1) is 17.8. The molecule has 1 saturated carbocycles. The van der Waals surface area contributed by atoms with Gasteiger partial charge < -0.3 is 9.64 Å². The monoisotopic (exact) mass is 360 g/mol. The molecular weight excluding hydrogens is 336 g/mol. The summed E-state index contributed by atoms with van der Waals surface area (Å²) in [5.74, 6) is 2.53. The minimum absolute atomic E-state index is 0.178. The molecule has 1 fully saturated rings. The van der Waals surface area contributed by atoms with Gasteiger partial charge in [0.2, 0.25) is 11.1 Å². The molecule has 134 valence electrons. The molecule has 6 nitrogen and oxygen atoms in total. The average molecular weight is 360 g/mol. The quantitative estimate of drug-likeness (QED) is 0.732. The maximum absolute atomic E-state index is 12.5. The van der Waals surface area contributed by atoms with Gasteiger partial charge in [-0.25, -0.2) is 4.98 Å². The number of methoxy groups -OCH3 is 1. The molecule has 1 aliphatic rings. The van der Waals surface area contributed by atoms with Crippen LogP contribution in [0, 0.1) is 5.92 Å². The molecule has 1 aromatic carbocycles. The Hall–Kier alpha value is -2.02. The van der Waals surface area contributed by atoms with E-state index in [4.69, 9.17) is 4.74 Å². The smallest absolute Gasteiger partial charge is 0.233 e. The Labute approximate surface area is 152 Å². The number of ether oxygens (including phenoxy) is 1. The number of carbonyl (C=O) groups excluding carboxylic acids is 1. The van der Waals surface area contributed by atoms with Crippen molar-refractivity contribution < 1.29 is 9.53 Å². The molecule has 0 radical (unpaired) electrons. The van der Waals surface area contributed by atoms with Crippen LogP contribution in [0.1, 0.15) is 26.7 Å². The summed E-state index contributed by atoms with van der Waals surface area (Å²) in [6.07, 6.45) is 2.26. The largest absolute Gasteiger partial charge is 0.497 e. The molecular formula is C18H24N4O2S. The second kappa shape index (κ2) is 7.91. The van der Waals surface area contributed by atoms with E-state index in [1.807, 2.05) is 29.2 Å². The normalized spacial score (nSPS) is 13.9. The standard InChI is InChI=1S/C18H24N4O2S/c1-12(2)10-22(14-6-7-14)16(23)11-25-18-19-17(20-21-18)13-4-8-15(24-3)9-5-13/h4-5,8-9,12,14H,6-7,10-11H2,1-3H3,(H,19,20,21). The van der Waals surface area contributed by atoms with Crippen molar-refractivity contribution in [1.29, 1.82) is 0 Å². The number of hydrogen-bond acceptors (Lipinski definition) is 5. The highest BCUT2D eigenvalue weighted by atomic mass is 32.2. The summed E-state index contributed by atoms with van der Waals surface area (Å²) in [4.78, 5) is 19.0. The van der Waals surface area contributed by atoms with Crippen LogP contribution >= 0.6 is 11.8 Å². The summed E-state index contributed by atoms with van der Waals surface area (Å²) in [6.45, 7) is 5.12. The number of aromatic nitrogens is 3. The molecule has 1 aliphatic carbocycles. The Morgan fingerprint density at radius 2 is 2.08 bits per heavy atom. The number of H-pyrrole nitrogens is 1. The summed E-state index contributed by atoms with van der Waals surface area (Å²) in [5.41, 5.74) is 0.936. The van der Waals surface area contributed by atoms with E-state index in [-0.39, 0.29) is 5.91 Å². The van der Waals surface area contributed by atoms with Gasteiger partial charge in [0, 0.05) is 18.2 Å². The highest BCUT2D eigenvalue weighted by Gasteiger charge is 2.32. The maximum atomic E-state index is 12.5. The third-order valence-corrected chi connectivity index (χ3v) is 4.85. The van der Waals surface area contributed by atoms with Gasteiger partial charge in [0.05, 0.1) is 12.9 Å². The molecule has 0 atom stereocenters. The third kappa shape index (κ3) is 4.75. The van der Waals surface area contributed by atoms with E-state index in [1.54, 1.807) is 7.11 Å². The SMILES string of the molecule is COc1ccc(-c2nc(SCC(=O)N(CC(C)C)C3CC3)n[nH]2)cc1. The van der Waals surface area contributed by atoms with Gasteiger partial charge in [-0.1, -0.05) is 25.6 Å². The molecule has 1 amide bonds. The van der Waals surface area contributed by atoms with E-state index < -0.39 is 0 Å². The van der Waals surface area contributed by atoms with Gasteiger partial charge in [-0.05, 0) is 43.0 Å². The highest BCUT2D eigenvalue weighted by Crippen LogP contribution is 2.29. The number of amides is 1. The number of thioether (sulfide) groups is 1. The van der Waals surface area contributed by atoms with Crippen molar-refractivity contribution in [1.82, 2.24) is 20.1 Å². The van der Waals surface area contributed by atoms with Crippen LogP contribution in [-0.2, 0) is 4.79 Å². The first-order chi connectivity index (χ1) is 12.1. The Balaban J connectivity index is 1.58. The molecule has 1 heterocycles. The Kier molecular flexibility index (Phi) is 5.63. The number of benzene rings is 1. The first-order valence-electron chi connectivity index (χ1n) is 8.56. The van der Waals surface area contributed by atoms with Crippen LogP contribution in [0.2, 0.25) is 0 Å². The predicted octanol–water partition coefficient (Wildman–Crippen LogP) is 3.22. The molecule has 25 heavy (non-hydrogen) atoms. The zero-order valence-corrected chi connectivity index (χ0v) is 15.7. The van der Waals surface area contributed by atoms with Crippen LogP contribution in [-0.4, -0.2) is 51.4 Å². The average Bonchev–Trinajstić information content (AvgIpc) is 3.35. The van der Waals surface area contributed by atoms with Crippen molar-refractivity contribution in [2.45, 2.75) is 37.9 Å². The van der Waals surface area contributed by atoms with E-state index in [0.717, 1.165) is 30.7 Å². The van der Waals surface area contributed by atoms with E-state index in [1.165, 1.54) is 11.8 Å². The van der Waals surface area contributed by atoms with Gasteiger partial charge >= 0.3 is 0 Å². The van der Waals surface area contributed by atoms with Gasteiger partial charge in [0.1, 0.15) is 5.75 Å². The molecule has 1 aromatic heterocycles. The predicted molar refractivity (Wildman–Crippen MR) is 98.7 cm³/mol. The van der Waals surface area contributed by atoms with Crippen molar-refractivity contribution in [3.63, 3.8) is 0 Å². The van der Waals surface area contributed by atoms with Crippen LogP contribution in [0.3, 0.4) is 0 Å². The Bertz CT molecular complexity index is 710. The van der Waals surface area contributed by atoms with Gasteiger partial charge in [-0.2, -0.15) is 0 Å². The van der Waals surface area contributed by atoms with Crippen molar-refractivity contribution in [3.8, 4) is 17.1 Å². The molecule has 7 heteroatoms. The number of nitrogens with zero attached hydrogens (tertiary/aromatic N) is 3. The topological polar surface area (TPSA) is 71.1 Å². The van der Waals surface area contributed by atoms with E-state index in [0.29, 0.717) is 28.7 Å². The van der Waals surface area contributed by atoms with Crippen LogP contribution < -0.4 is 4.74 Å². The van der Waals surface area contributed by atoms with Crippen LogP contribution in [0.5, 0.6) is 5.75 Å². The number of aromatic amines is 1. The van der Waals surface area contributed by atoms with Gasteiger partial charge in [-0.15, -0.1) is 5.10 Å². The van der Waals surface area contributed by atoms with Crippen molar-refractivity contribution in [3.05, 3.63) is 24.3 Å². The molecule has 0 bridgehead atoms. The second-order valence-corrected chi connectivity index (χ2v) is 7.60. The Morgan fingerprint density at radius 3 is 2.68 bits per heavy atom. The fraction of sp³-hybridized carbons (Fsp3) is 0.500. The van der Waals surface area contributed by atoms with Crippen LogP contribution in [0.15, 0.2) is 29.4 Å². The minimum Gasteiger partial charge on any atom is -0.497 e. The van der Waals surface area contributed by atoms with Gasteiger partial charge in [0.25, 0.3) is 0 Å². The summed E-state index contributed by atoms with van der Waals surface area (Å²) in [6, 6.07) is 8.06. The summed E-state index contributed by atoms with van der Waals surface area (Å²) < 4.78 is 5.16. The van der Waals surface area contributed by atoms with Crippen LogP contribution in [0.4, 0.5) is 0 Å². The van der Waals surface area contributed by atoms with Gasteiger partial charge in [-0.3, -0.25) is 9.89 Å². The van der Waals surface area contributed by atoms with E-state index in [2.05, 4.69) is 29.0 Å². The second-order valence-electron chi connectivity index (χ2n) is 6.65. The maximum Gasteiger partial charge on any atom is 0.233 e. The molecule has 1 N–H and O–H groups in total. The molecule has 0 aliphatic heterocycles. The summed E-state index contributed by atoms with van der Waals surface area (Å²) in [5, 5.41) is 7.74. The van der Waals surface area contributed by atoms with Crippen molar-refractivity contribution in [2.75, 3.05) is 19.4 Å². The zero-order valence-electron chi connectivity index (χ0n) is 14.9.